The third-order valence-corrected chi connectivity index (χ3v) is 5.15. The quantitative estimate of drug-likeness (QED) is 0.885. The molecular formula is C17H24ClFN2. The van der Waals surface area contributed by atoms with Crippen molar-refractivity contribution in [3.63, 3.8) is 0 Å². The van der Waals surface area contributed by atoms with Gasteiger partial charge in [0.05, 0.1) is 5.02 Å². The SMILES string of the molecule is CCCN(Cc1ccc(Cl)c(F)c1)C1CC2CCC(C1)N2. The van der Waals surface area contributed by atoms with Crippen LogP contribution in [0.3, 0.4) is 0 Å². The van der Waals surface area contributed by atoms with Crippen molar-refractivity contribution in [2.75, 3.05) is 6.54 Å². The van der Waals surface area contributed by atoms with Gasteiger partial charge in [-0.15, -0.1) is 0 Å². The summed E-state index contributed by atoms with van der Waals surface area (Å²) in [6.45, 7) is 4.12. The summed E-state index contributed by atoms with van der Waals surface area (Å²) in [5.74, 6) is -0.309. The topological polar surface area (TPSA) is 15.3 Å². The van der Waals surface area contributed by atoms with E-state index in [9.17, 15) is 4.39 Å². The molecule has 1 N–H and O–H groups in total. The van der Waals surface area contributed by atoms with Crippen LogP contribution in [0.2, 0.25) is 5.02 Å². The first-order chi connectivity index (χ1) is 10.2. The monoisotopic (exact) mass is 310 g/mol. The van der Waals surface area contributed by atoms with Gasteiger partial charge in [0.2, 0.25) is 0 Å². The average Bonchev–Trinajstić information content (AvgIpc) is 2.81. The van der Waals surface area contributed by atoms with Crippen LogP contribution in [0.1, 0.15) is 44.6 Å². The van der Waals surface area contributed by atoms with Gasteiger partial charge in [-0.05, 0) is 56.3 Å². The first-order valence-electron chi connectivity index (χ1n) is 8.09. The smallest absolute Gasteiger partial charge is 0.142 e. The molecule has 2 heterocycles. The Balaban J connectivity index is 1.70. The zero-order valence-electron chi connectivity index (χ0n) is 12.6. The van der Waals surface area contributed by atoms with Crippen LogP contribution in [0.4, 0.5) is 4.39 Å². The molecule has 3 rings (SSSR count). The Kier molecular flexibility index (Phi) is 4.82. The van der Waals surface area contributed by atoms with Crippen LogP contribution in [0.15, 0.2) is 18.2 Å². The molecule has 4 heteroatoms. The molecule has 0 radical (unpaired) electrons. The number of benzene rings is 1. The summed E-state index contributed by atoms with van der Waals surface area (Å²) >= 11 is 5.78. The summed E-state index contributed by atoms with van der Waals surface area (Å²) in [7, 11) is 0. The van der Waals surface area contributed by atoms with Crippen molar-refractivity contribution < 1.29 is 4.39 Å². The van der Waals surface area contributed by atoms with Gasteiger partial charge < -0.3 is 5.32 Å². The Morgan fingerprint density at radius 1 is 1.29 bits per heavy atom. The molecule has 0 amide bonds. The second-order valence-corrected chi connectivity index (χ2v) is 6.89. The van der Waals surface area contributed by atoms with Crippen molar-refractivity contribution in [3.8, 4) is 0 Å². The Labute approximate surface area is 131 Å². The van der Waals surface area contributed by atoms with E-state index in [-0.39, 0.29) is 10.8 Å². The normalized spacial score (nSPS) is 28.3. The van der Waals surface area contributed by atoms with Crippen molar-refractivity contribution in [2.24, 2.45) is 0 Å². The summed E-state index contributed by atoms with van der Waals surface area (Å²) in [6.07, 6.45) is 6.22. The van der Waals surface area contributed by atoms with Gasteiger partial charge in [-0.1, -0.05) is 24.6 Å². The van der Waals surface area contributed by atoms with Gasteiger partial charge in [-0.3, -0.25) is 4.90 Å². The van der Waals surface area contributed by atoms with Crippen molar-refractivity contribution in [1.29, 1.82) is 0 Å². The van der Waals surface area contributed by atoms with Crippen LogP contribution < -0.4 is 5.32 Å². The number of fused-ring (bicyclic) bond motifs is 2. The van der Waals surface area contributed by atoms with Crippen molar-refractivity contribution in [1.82, 2.24) is 10.2 Å². The van der Waals surface area contributed by atoms with Crippen LogP contribution in [0.5, 0.6) is 0 Å². The number of rotatable bonds is 5. The van der Waals surface area contributed by atoms with Gasteiger partial charge in [-0.2, -0.15) is 0 Å². The van der Waals surface area contributed by atoms with Gasteiger partial charge in [0.1, 0.15) is 5.82 Å². The lowest BCUT2D eigenvalue weighted by Gasteiger charge is -2.38. The van der Waals surface area contributed by atoms with E-state index >= 15 is 0 Å². The van der Waals surface area contributed by atoms with Gasteiger partial charge in [0.25, 0.3) is 0 Å². The fourth-order valence-electron chi connectivity index (χ4n) is 3.88. The minimum absolute atomic E-state index is 0.209. The van der Waals surface area contributed by atoms with Crippen molar-refractivity contribution in [3.05, 3.63) is 34.6 Å². The van der Waals surface area contributed by atoms with Gasteiger partial charge in [0.15, 0.2) is 0 Å². The third kappa shape index (κ3) is 3.58. The average molecular weight is 311 g/mol. The van der Waals surface area contributed by atoms with E-state index in [2.05, 4.69) is 17.1 Å². The molecule has 2 nitrogen and oxygen atoms in total. The molecule has 0 aliphatic carbocycles. The molecule has 0 aromatic heterocycles. The fourth-order valence-corrected chi connectivity index (χ4v) is 3.99. The molecule has 1 aromatic carbocycles. The molecule has 21 heavy (non-hydrogen) atoms. The zero-order valence-corrected chi connectivity index (χ0v) is 13.4. The minimum atomic E-state index is -0.309. The zero-order chi connectivity index (χ0) is 14.8. The van der Waals surface area contributed by atoms with Crippen LogP contribution in [-0.4, -0.2) is 29.6 Å². The molecule has 2 unspecified atom stereocenters. The highest BCUT2D eigenvalue weighted by molar-refractivity contribution is 6.30. The summed E-state index contributed by atoms with van der Waals surface area (Å²) in [4.78, 5) is 2.54. The van der Waals surface area contributed by atoms with Crippen LogP contribution in [0.25, 0.3) is 0 Å². The molecule has 116 valence electrons. The number of halogens is 2. The summed E-state index contributed by atoms with van der Waals surface area (Å²) in [5, 5.41) is 3.90. The lowest BCUT2D eigenvalue weighted by atomic mass is 9.97. The lowest BCUT2D eigenvalue weighted by molar-refractivity contribution is 0.134. The van der Waals surface area contributed by atoms with Gasteiger partial charge in [0, 0.05) is 24.7 Å². The van der Waals surface area contributed by atoms with Crippen molar-refractivity contribution >= 4 is 11.6 Å². The maximum Gasteiger partial charge on any atom is 0.142 e. The number of nitrogens with zero attached hydrogens (tertiary/aromatic N) is 1. The molecule has 0 spiro atoms. The Bertz CT molecular complexity index is 482. The number of nitrogens with one attached hydrogen (secondary N) is 1. The molecule has 0 saturated carbocycles. The highest BCUT2D eigenvalue weighted by Crippen LogP contribution is 2.30. The Morgan fingerprint density at radius 2 is 2.00 bits per heavy atom. The maximum absolute atomic E-state index is 13.6. The predicted octanol–water partition coefficient (Wildman–Crippen LogP) is 3.97. The van der Waals surface area contributed by atoms with E-state index < -0.39 is 0 Å². The summed E-state index contributed by atoms with van der Waals surface area (Å²) < 4.78 is 13.6. The maximum atomic E-state index is 13.6. The molecular weight excluding hydrogens is 287 g/mol. The summed E-state index contributed by atoms with van der Waals surface area (Å²) in [5.41, 5.74) is 1.02. The molecule has 2 bridgehead atoms. The third-order valence-electron chi connectivity index (χ3n) is 4.85. The summed E-state index contributed by atoms with van der Waals surface area (Å²) in [6, 6.07) is 7.21. The highest BCUT2D eigenvalue weighted by atomic mass is 35.5. The molecule has 2 fully saturated rings. The number of hydrogen-bond donors (Lipinski definition) is 1. The minimum Gasteiger partial charge on any atom is -0.311 e. The van der Waals surface area contributed by atoms with Crippen LogP contribution in [0, 0.1) is 5.82 Å². The van der Waals surface area contributed by atoms with E-state index in [0.29, 0.717) is 18.1 Å². The fraction of sp³-hybridized carbons (Fsp3) is 0.647. The van der Waals surface area contributed by atoms with E-state index in [1.165, 1.54) is 25.7 Å². The first-order valence-corrected chi connectivity index (χ1v) is 8.47. The van der Waals surface area contributed by atoms with E-state index in [0.717, 1.165) is 25.1 Å². The van der Waals surface area contributed by atoms with Crippen LogP contribution in [-0.2, 0) is 6.54 Å². The van der Waals surface area contributed by atoms with Gasteiger partial charge in [-0.25, -0.2) is 4.39 Å². The Morgan fingerprint density at radius 3 is 2.62 bits per heavy atom. The molecule has 2 atom stereocenters. The second-order valence-electron chi connectivity index (χ2n) is 6.48. The van der Waals surface area contributed by atoms with Crippen LogP contribution >= 0.6 is 11.6 Å². The molecule has 2 saturated heterocycles. The largest absolute Gasteiger partial charge is 0.311 e. The van der Waals surface area contributed by atoms with E-state index in [1.807, 2.05) is 6.07 Å². The molecule has 1 aromatic rings. The number of piperidine rings is 1. The van der Waals surface area contributed by atoms with E-state index in [1.54, 1.807) is 12.1 Å². The molecule has 2 aliphatic heterocycles. The van der Waals surface area contributed by atoms with Crippen molar-refractivity contribution in [2.45, 2.75) is 63.7 Å². The Hall–Kier alpha value is -0.640. The van der Waals surface area contributed by atoms with E-state index in [4.69, 9.17) is 11.6 Å². The highest BCUT2D eigenvalue weighted by Gasteiger charge is 2.35. The predicted molar refractivity (Wildman–Crippen MR) is 85.1 cm³/mol. The molecule has 2 aliphatic rings. The van der Waals surface area contributed by atoms with Gasteiger partial charge >= 0.3 is 0 Å². The number of hydrogen-bond acceptors (Lipinski definition) is 2. The lowest BCUT2D eigenvalue weighted by Crippen LogP contribution is -2.48. The standard InChI is InChI=1S/C17H24ClFN2/c1-2-7-21(11-12-3-6-16(18)17(19)8-12)15-9-13-4-5-14(10-15)20-13/h3,6,8,13-15,20H,2,4-5,7,9-11H2,1H3. The first kappa shape index (κ1) is 15.3. The second kappa shape index (κ2) is 6.64.